The molecule has 1 aliphatic heterocycles. The fraction of sp³-hybridized carbons (Fsp3) is 0.571. The van der Waals surface area contributed by atoms with Crippen molar-refractivity contribution in [3.05, 3.63) is 34.1 Å². The molecular formula is C14H19BrFNO2. The van der Waals surface area contributed by atoms with Crippen molar-refractivity contribution in [2.45, 2.75) is 25.5 Å². The first-order valence-electron chi connectivity index (χ1n) is 6.57. The van der Waals surface area contributed by atoms with Crippen LogP contribution in [-0.2, 0) is 11.3 Å². The monoisotopic (exact) mass is 331 g/mol. The van der Waals surface area contributed by atoms with Crippen LogP contribution in [0.2, 0.25) is 0 Å². The minimum absolute atomic E-state index is 0.245. The molecular weight excluding hydrogens is 313 g/mol. The summed E-state index contributed by atoms with van der Waals surface area (Å²) in [4.78, 5) is 0. The van der Waals surface area contributed by atoms with Crippen molar-refractivity contribution in [3.8, 4) is 0 Å². The summed E-state index contributed by atoms with van der Waals surface area (Å²) in [5.74, 6) is 0.0576. The van der Waals surface area contributed by atoms with Crippen molar-refractivity contribution in [3.63, 3.8) is 0 Å². The number of aliphatic hydroxyl groups is 1. The summed E-state index contributed by atoms with van der Waals surface area (Å²) < 4.78 is 19.3. The normalized spacial score (nSPS) is 18.5. The Kier molecular flexibility index (Phi) is 5.76. The molecule has 0 saturated carbocycles. The highest BCUT2D eigenvalue weighted by Crippen LogP contribution is 2.19. The Morgan fingerprint density at radius 3 is 2.89 bits per heavy atom. The molecule has 1 fully saturated rings. The van der Waals surface area contributed by atoms with E-state index in [4.69, 9.17) is 4.74 Å². The minimum Gasteiger partial charge on any atom is -0.392 e. The van der Waals surface area contributed by atoms with E-state index in [-0.39, 0.29) is 11.9 Å². The number of benzene rings is 1. The molecule has 0 aliphatic carbocycles. The molecule has 0 radical (unpaired) electrons. The van der Waals surface area contributed by atoms with Gasteiger partial charge in [0.05, 0.1) is 6.10 Å². The van der Waals surface area contributed by atoms with E-state index in [1.807, 2.05) is 0 Å². The molecule has 0 unspecified atom stereocenters. The minimum atomic E-state index is -0.365. The summed E-state index contributed by atoms with van der Waals surface area (Å²) in [5, 5.41) is 13.3. The Labute approximate surface area is 121 Å². The van der Waals surface area contributed by atoms with Crippen LogP contribution in [0.25, 0.3) is 0 Å². The standard InChI is InChI=1S/C14H19BrFNO2/c15-13-2-1-12(16)7-11(13)8-17-9-14(18)10-3-5-19-6-4-10/h1-2,7,10,14,17-18H,3-6,8-9H2/t14-/m0/s1. The van der Waals surface area contributed by atoms with E-state index < -0.39 is 0 Å². The number of nitrogens with one attached hydrogen (secondary N) is 1. The van der Waals surface area contributed by atoms with Crippen LogP contribution in [0.4, 0.5) is 4.39 Å². The summed E-state index contributed by atoms with van der Waals surface area (Å²) >= 11 is 3.39. The zero-order valence-corrected chi connectivity index (χ0v) is 12.3. The first kappa shape index (κ1) is 14.9. The van der Waals surface area contributed by atoms with Crippen LogP contribution >= 0.6 is 15.9 Å². The van der Waals surface area contributed by atoms with E-state index in [9.17, 15) is 9.50 Å². The summed E-state index contributed by atoms with van der Waals surface area (Å²) in [7, 11) is 0. The predicted molar refractivity (Wildman–Crippen MR) is 75.4 cm³/mol. The summed E-state index contributed by atoms with van der Waals surface area (Å²) in [5.41, 5.74) is 0.860. The average Bonchev–Trinajstić information content (AvgIpc) is 2.43. The Morgan fingerprint density at radius 2 is 2.16 bits per heavy atom. The van der Waals surface area contributed by atoms with Crippen molar-refractivity contribution >= 4 is 15.9 Å². The maximum Gasteiger partial charge on any atom is 0.123 e. The highest BCUT2D eigenvalue weighted by Gasteiger charge is 2.21. The van der Waals surface area contributed by atoms with Gasteiger partial charge in [0.25, 0.3) is 0 Å². The Hall–Kier alpha value is -0.490. The lowest BCUT2D eigenvalue weighted by Crippen LogP contribution is -2.35. The van der Waals surface area contributed by atoms with Gasteiger partial charge in [-0.15, -0.1) is 0 Å². The van der Waals surface area contributed by atoms with Gasteiger partial charge < -0.3 is 15.2 Å². The van der Waals surface area contributed by atoms with Gasteiger partial charge in [-0.2, -0.15) is 0 Å². The lowest BCUT2D eigenvalue weighted by molar-refractivity contribution is 0.00845. The number of hydrogen-bond donors (Lipinski definition) is 2. The van der Waals surface area contributed by atoms with Gasteiger partial charge >= 0.3 is 0 Å². The number of ether oxygens (including phenoxy) is 1. The molecule has 0 aromatic heterocycles. The first-order chi connectivity index (χ1) is 9.16. The smallest absolute Gasteiger partial charge is 0.123 e. The van der Waals surface area contributed by atoms with Gasteiger partial charge in [-0.25, -0.2) is 4.39 Å². The molecule has 1 aromatic rings. The molecule has 1 heterocycles. The van der Waals surface area contributed by atoms with Crippen molar-refractivity contribution < 1.29 is 14.2 Å². The van der Waals surface area contributed by atoms with E-state index in [1.165, 1.54) is 12.1 Å². The molecule has 2 N–H and O–H groups in total. The van der Waals surface area contributed by atoms with Crippen LogP contribution in [0.5, 0.6) is 0 Å². The van der Waals surface area contributed by atoms with Crippen molar-refractivity contribution in [1.82, 2.24) is 5.32 Å². The maximum atomic E-state index is 13.1. The average molecular weight is 332 g/mol. The van der Waals surface area contributed by atoms with E-state index in [2.05, 4.69) is 21.2 Å². The summed E-state index contributed by atoms with van der Waals surface area (Å²) in [6.07, 6.45) is 1.45. The lowest BCUT2D eigenvalue weighted by atomic mass is 9.94. The van der Waals surface area contributed by atoms with E-state index >= 15 is 0 Å². The van der Waals surface area contributed by atoms with Gasteiger partial charge in [0.15, 0.2) is 0 Å². The van der Waals surface area contributed by atoms with Gasteiger partial charge in [-0.05, 0) is 42.5 Å². The Morgan fingerprint density at radius 1 is 1.42 bits per heavy atom. The van der Waals surface area contributed by atoms with Gasteiger partial charge in [0.2, 0.25) is 0 Å². The molecule has 1 aliphatic rings. The number of halogens is 2. The van der Waals surface area contributed by atoms with Crippen LogP contribution in [0.1, 0.15) is 18.4 Å². The second-order valence-corrected chi connectivity index (χ2v) is 5.74. The quantitative estimate of drug-likeness (QED) is 0.870. The van der Waals surface area contributed by atoms with Crippen LogP contribution < -0.4 is 5.32 Å². The van der Waals surface area contributed by atoms with Gasteiger partial charge in [0, 0.05) is 30.8 Å². The van der Waals surface area contributed by atoms with Gasteiger partial charge in [-0.1, -0.05) is 15.9 Å². The Balaban J connectivity index is 1.77. The molecule has 1 aromatic carbocycles. The number of aliphatic hydroxyl groups excluding tert-OH is 1. The number of hydrogen-bond acceptors (Lipinski definition) is 3. The van der Waals surface area contributed by atoms with Crippen molar-refractivity contribution in [2.24, 2.45) is 5.92 Å². The first-order valence-corrected chi connectivity index (χ1v) is 7.36. The third kappa shape index (κ3) is 4.53. The molecule has 2 rings (SSSR count). The highest BCUT2D eigenvalue weighted by atomic mass is 79.9. The summed E-state index contributed by atoms with van der Waals surface area (Å²) in [6, 6.07) is 4.61. The molecule has 0 spiro atoms. The molecule has 1 saturated heterocycles. The van der Waals surface area contributed by atoms with Crippen LogP contribution in [0.3, 0.4) is 0 Å². The molecule has 106 valence electrons. The second kappa shape index (κ2) is 7.33. The Bertz CT molecular complexity index is 410. The molecule has 5 heteroatoms. The zero-order chi connectivity index (χ0) is 13.7. The molecule has 0 amide bonds. The third-order valence-corrected chi connectivity index (χ3v) is 4.26. The van der Waals surface area contributed by atoms with Crippen LogP contribution in [-0.4, -0.2) is 31.0 Å². The van der Waals surface area contributed by atoms with E-state index in [0.717, 1.165) is 36.1 Å². The molecule has 0 bridgehead atoms. The second-order valence-electron chi connectivity index (χ2n) is 4.88. The topological polar surface area (TPSA) is 41.5 Å². The zero-order valence-electron chi connectivity index (χ0n) is 10.7. The summed E-state index contributed by atoms with van der Waals surface area (Å²) in [6.45, 7) is 2.53. The van der Waals surface area contributed by atoms with Crippen LogP contribution in [0, 0.1) is 11.7 Å². The van der Waals surface area contributed by atoms with Gasteiger partial charge in [-0.3, -0.25) is 0 Å². The fourth-order valence-corrected chi connectivity index (χ4v) is 2.69. The van der Waals surface area contributed by atoms with E-state index in [1.54, 1.807) is 6.07 Å². The third-order valence-electron chi connectivity index (χ3n) is 3.49. The molecule has 1 atom stereocenters. The lowest BCUT2D eigenvalue weighted by Gasteiger charge is -2.26. The maximum absolute atomic E-state index is 13.1. The van der Waals surface area contributed by atoms with Crippen molar-refractivity contribution in [1.29, 1.82) is 0 Å². The SMILES string of the molecule is O[C@@H](CNCc1cc(F)ccc1Br)C1CCOCC1. The van der Waals surface area contributed by atoms with Gasteiger partial charge in [0.1, 0.15) is 5.82 Å². The highest BCUT2D eigenvalue weighted by molar-refractivity contribution is 9.10. The predicted octanol–water partition coefficient (Wildman–Crippen LogP) is 2.47. The molecule has 19 heavy (non-hydrogen) atoms. The van der Waals surface area contributed by atoms with Crippen LogP contribution in [0.15, 0.2) is 22.7 Å². The van der Waals surface area contributed by atoms with Crippen molar-refractivity contribution in [2.75, 3.05) is 19.8 Å². The number of rotatable bonds is 5. The fourth-order valence-electron chi connectivity index (χ4n) is 2.30. The molecule has 3 nitrogen and oxygen atoms in total. The largest absolute Gasteiger partial charge is 0.392 e. The van der Waals surface area contributed by atoms with E-state index in [0.29, 0.717) is 19.0 Å².